The molecule has 0 amide bonds. The van der Waals surface area contributed by atoms with E-state index >= 15 is 0 Å². The SMILES string of the molecule is CCC#CC(O)CC(C)CC. The van der Waals surface area contributed by atoms with E-state index in [4.69, 9.17) is 0 Å². The molecule has 0 fully saturated rings. The van der Waals surface area contributed by atoms with Gasteiger partial charge in [-0.15, -0.1) is 5.92 Å². The van der Waals surface area contributed by atoms with E-state index < -0.39 is 6.10 Å². The molecule has 0 aromatic rings. The summed E-state index contributed by atoms with van der Waals surface area (Å²) in [5, 5.41) is 9.31. The van der Waals surface area contributed by atoms with Crippen molar-refractivity contribution in [3.8, 4) is 11.8 Å². The predicted molar refractivity (Wildman–Crippen MR) is 48.1 cm³/mol. The molecule has 0 aliphatic rings. The summed E-state index contributed by atoms with van der Waals surface area (Å²) in [5.41, 5.74) is 0. The average Bonchev–Trinajstić information content (AvgIpc) is 2.00. The summed E-state index contributed by atoms with van der Waals surface area (Å²) < 4.78 is 0. The van der Waals surface area contributed by atoms with Crippen LogP contribution in [-0.2, 0) is 0 Å². The molecule has 0 rings (SSSR count). The third-order valence-corrected chi connectivity index (χ3v) is 1.77. The van der Waals surface area contributed by atoms with Gasteiger partial charge in [-0.1, -0.05) is 33.1 Å². The minimum absolute atomic E-state index is 0.412. The molecule has 2 unspecified atom stereocenters. The highest BCUT2D eigenvalue weighted by atomic mass is 16.3. The first-order valence-corrected chi connectivity index (χ1v) is 4.37. The van der Waals surface area contributed by atoms with Crippen LogP contribution < -0.4 is 0 Å². The highest BCUT2D eigenvalue weighted by Gasteiger charge is 2.04. The van der Waals surface area contributed by atoms with Crippen LogP contribution in [0.25, 0.3) is 0 Å². The van der Waals surface area contributed by atoms with Gasteiger partial charge in [-0.25, -0.2) is 0 Å². The van der Waals surface area contributed by atoms with Crippen molar-refractivity contribution in [2.45, 2.75) is 46.1 Å². The molecule has 0 heterocycles. The molecule has 1 nitrogen and oxygen atoms in total. The lowest BCUT2D eigenvalue weighted by Crippen LogP contribution is -2.08. The van der Waals surface area contributed by atoms with Crippen molar-refractivity contribution in [2.75, 3.05) is 0 Å². The van der Waals surface area contributed by atoms with Crippen LogP contribution in [-0.4, -0.2) is 11.2 Å². The van der Waals surface area contributed by atoms with Crippen molar-refractivity contribution in [1.82, 2.24) is 0 Å². The van der Waals surface area contributed by atoms with Gasteiger partial charge in [-0.05, 0) is 12.3 Å². The second-order valence-corrected chi connectivity index (χ2v) is 2.94. The number of rotatable bonds is 3. The van der Waals surface area contributed by atoms with Gasteiger partial charge in [0.2, 0.25) is 0 Å². The van der Waals surface area contributed by atoms with Gasteiger partial charge in [0, 0.05) is 6.42 Å². The zero-order chi connectivity index (χ0) is 8.69. The van der Waals surface area contributed by atoms with Crippen molar-refractivity contribution < 1.29 is 5.11 Å². The Morgan fingerprint density at radius 1 is 1.36 bits per heavy atom. The molecule has 2 atom stereocenters. The molecule has 0 aliphatic heterocycles. The maximum atomic E-state index is 9.31. The molecule has 0 spiro atoms. The van der Waals surface area contributed by atoms with E-state index in [1.54, 1.807) is 0 Å². The fraction of sp³-hybridized carbons (Fsp3) is 0.800. The topological polar surface area (TPSA) is 20.2 Å². The van der Waals surface area contributed by atoms with Crippen LogP contribution in [0.1, 0.15) is 40.0 Å². The van der Waals surface area contributed by atoms with Crippen molar-refractivity contribution in [2.24, 2.45) is 5.92 Å². The highest BCUT2D eigenvalue weighted by Crippen LogP contribution is 2.08. The zero-order valence-electron chi connectivity index (χ0n) is 7.72. The molecular formula is C10H18O. The fourth-order valence-corrected chi connectivity index (χ4v) is 0.827. The van der Waals surface area contributed by atoms with Gasteiger partial charge in [0.1, 0.15) is 6.10 Å². The summed E-state index contributed by atoms with van der Waals surface area (Å²) in [4.78, 5) is 0. The Labute approximate surface area is 69.8 Å². The van der Waals surface area contributed by atoms with Gasteiger partial charge in [0.15, 0.2) is 0 Å². The molecular weight excluding hydrogens is 136 g/mol. The third-order valence-electron chi connectivity index (χ3n) is 1.77. The van der Waals surface area contributed by atoms with Crippen LogP contribution in [0.15, 0.2) is 0 Å². The zero-order valence-corrected chi connectivity index (χ0v) is 7.72. The Balaban J connectivity index is 3.59. The fourth-order valence-electron chi connectivity index (χ4n) is 0.827. The van der Waals surface area contributed by atoms with Gasteiger partial charge in [-0.3, -0.25) is 0 Å². The van der Waals surface area contributed by atoms with Crippen LogP contribution >= 0.6 is 0 Å². The van der Waals surface area contributed by atoms with Gasteiger partial charge in [0.25, 0.3) is 0 Å². The molecule has 0 saturated heterocycles. The molecule has 0 radical (unpaired) electrons. The Morgan fingerprint density at radius 3 is 2.45 bits per heavy atom. The van der Waals surface area contributed by atoms with Crippen molar-refractivity contribution in [1.29, 1.82) is 0 Å². The molecule has 0 aliphatic carbocycles. The van der Waals surface area contributed by atoms with E-state index in [-0.39, 0.29) is 0 Å². The van der Waals surface area contributed by atoms with E-state index in [0.29, 0.717) is 5.92 Å². The minimum Gasteiger partial charge on any atom is -0.380 e. The van der Waals surface area contributed by atoms with E-state index in [1.165, 1.54) is 0 Å². The lowest BCUT2D eigenvalue weighted by Gasteiger charge is -2.08. The minimum atomic E-state index is -0.412. The smallest absolute Gasteiger partial charge is 0.115 e. The van der Waals surface area contributed by atoms with Gasteiger partial charge in [0.05, 0.1) is 0 Å². The number of hydrogen-bond acceptors (Lipinski definition) is 1. The van der Waals surface area contributed by atoms with Crippen molar-refractivity contribution in [3.05, 3.63) is 0 Å². The second-order valence-electron chi connectivity index (χ2n) is 2.94. The molecule has 0 aromatic carbocycles. The Kier molecular flexibility index (Phi) is 5.97. The molecule has 0 bridgehead atoms. The third kappa shape index (κ3) is 5.94. The quantitative estimate of drug-likeness (QED) is 0.618. The Bertz CT molecular complexity index is 141. The number of hydrogen-bond donors (Lipinski definition) is 1. The van der Waals surface area contributed by atoms with Crippen LogP contribution in [0.3, 0.4) is 0 Å². The van der Waals surface area contributed by atoms with Crippen molar-refractivity contribution >= 4 is 0 Å². The van der Waals surface area contributed by atoms with Gasteiger partial charge < -0.3 is 5.11 Å². The van der Waals surface area contributed by atoms with E-state index in [2.05, 4.69) is 25.7 Å². The Hall–Kier alpha value is -0.480. The lowest BCUT2D eigenvalue weighted by molar-refractivity contribution is 0.198. The summed E-state index contributed by atoms with van der Waals surface area (Å²) in [6.45, 7) is 6.25. The molecule has 64 valence electrons. The summed E-state index contributed by atoms with van der Waals surface area (Å²) >= 11 is 0. The molecule has 0 aromatic heterocycles. The standard InChI is InChI=1S/C10H18O/c1-4-6-7-10(11)8-9(3)5-2/h9-11H,4-5,8H2,1-3H3. The summed E-state index contributed by atoms with van der Waals surface area (Å²) in [6.07, 6.45) is 2.34. The normalized spacial score (nSPS) is 14.9. The monoisotopic (exact) mass is 154 g/mol. The van der Waals surface area contributed by atoms with Crippen LogP contribution in [0.5, 0.6) is 0 Å². The largest absolute Gasteiger partial charge is 0.380 e. The van der Waals surface area contributed by atoms with Crippen molar-refractivity contribution in [3.63, 3.8) is 0 Å². The Morgan fingerprint density at radius 2 is 2.00 bits per heavy atom. The molecule has 1 heteroatoms. The lowest BCUT2D eigenvalue weighted by atomic mass is 10.0. The van der Waals surface area contributed by atoms with Gasteiger partial charge >= 0.3 is 0 Å². The van der Waals surface area contributed by atoms with Crippen LogP contribution in [0.2, 0.25) is 0 Å². The number of aliphatic hydroxyl groups excluding tert-OH is 1. The first kappa shape index (κ1) is 10.5. The first-order chi connectivity index (χ1) is 5.20. The highest BCUT2D eigenvalue weighted by molar-refractivity contribution is 5.03. The predicted octanol–water partition coefficient (Wildman–Crippen LogP) is 2.20. The summed E-state index contributed by atoms with van der Waals surface area (Å²) in [6, 6.07) is 0. The average molecular weight is 154 g/mol. The first-order valence-electron chi connectivity index (χ1n) is 4.37. The molecule has 11 heavy (non-hydrogen) atoms. The second kappa shape index (κ2) is 6.24. The number of aliphatic hydroxyl groups is 1. The molecule has 1 N–H and O–H groups in total. The maximum absolute atomic E-state index is 9.31. The summed E-state index contributed by atoms with van der Waals surface area (Å²) in [7, 11) is 0. The van der Waals surface area contributed by atoms with E-state index in [9.17, 15) is 5.11 Å². The summed E-state index contributed by atoms with van der Waals surface area (Å²) in [5.74, 6) is 6.26. The van der Waals surface area contributed by atoms with Gasteiger partial charge in [-0.2, -0.15) is 0 Å². The van der Waals surface area contributed by atoms with E-state index in [0.717, 1.165) is 19.3 Å². The van der Waals surface area contributed by atoms with Crippen LogP contribution in [0.4, 0.5) is 0 Å². The van der Waals surface area contributed by atoms with Crippen LogP contribution in [0, 0.1) is 17.8 Å². The molecule has 0 saturated carbocycles. The van der Waals surface area contributed by atoms with E-state index in [1.807, 2.05) is 6.92 Å². The maximum Gasteiger partial charge on any atom is 0.115 e.